The van der Waals surface area contributed by atoms with Crippen molar-refractivity contribution in [1.29, 1.82) is 0 Å². The molecule has 0 atom stereocenters. The van der Waals surface area contributed by atoms with Crippen LogP contribution in [0.25, 0.3) is 5.82 Å². The monoisotopic (exact) mass is 434 g/mol. The predicted octanol–water partition coefficient (Wildman–Crippen LogP) is 3.26. The highest BCUT2D eigenvalue weighted by Crippen LogP contribution is 2.24. The first kappa shape index (κ1) is 21.6. The number of carbonyl (C=O) groups excluding carboxylic acids is 1. The summed E-state index contributed by atoms with van der Waals surface area (Å²) in [6.07, 6.45) is 3.35. The molecule has 1 fully saturated rings. The molecule has 1 aromatic carbocycles. The summed E-state index contributed by atoms with van der Waals surface area (Å²) in [5.74, 6) is 0.775. The normalized spacial score (nSPS) is 14.7. The molecule has 1 aliphatic rings. The lowest BCUT2D eigenvalue weighted by Crippen LogP contribution is -2.48. The molecule has 0 radical (unpaired) electrons. The molecule has 32 heavy (non-hydrogen) atoms. The van der Waals surface area contributed by atoms with Crippen LogP contribution in [0.1, 0.15) is 41.4 Å². The highest BCUT2D eigenvalue weighted by molar-refractivity contribution is 5.95. The third kappa shape index (κ3) is 4.52. The van der Waals surface area contributed by atoms with Crippen LogP contribution in [0.15, 0.2) is 54.9 Å². The maximum Gasteiger partial charge on any atom is 0.269 e. The molecule has 166 valence electrons. The summed E-state index contributed by atoms with van der Waals surface area (Å²) in [6.45, 7) is 7.33. The Labute approximate surface area is 186 Å². The maximum atomic E-state index is 13.3. The Morgan fingerprint density at radius 3 is 2.56 bits per heavy atom. The van der Waals surface area contributed by atoms with Gasteiger partial charge in [0.25, 0.3) is 11.6 Å². The van der Waals surface area contributed by atoms with E-state index in [1.165, 1.54) is 6.07 Å². The lowest BCUT2D eigenvalue weighted by atomic mass is 10.0. The molecule has 0 bridgehead atoms. The van der Waals surface area contributed by atoms with E-state index in [1.807, 2.05) is 43.0 Å². The number of benzene rings is 1. The third-order valence-corrected chi connectivity index (χ3v) is 5.64. The number of hydrogen-bond donors (Lipinski definition) is 0. The van der Waals surface area contributed by atoms with Crippen LogP contribution in [0, 0.1) is 10.1 Å². The number of pyridine rings is 1. The number of piperazine rings is 1. The van der Waals surface area contributed by atoms with Gasteiger partial charge in [0.2, 0.25) is 0 Å². The van der Waals surface area contributed by atoms with E-state index in [-0.39, 0.29) is 22.4 Å². The molecule has 3 aromatic rings. The van der Waals surface area contributed by atoms with Crippen LogP contribution in [0.5, 0.6) is 0 Å². The summed E-state index contributed by atoms with van der Waals surface area (Å²) in [5, 5.41) is 15.5. The number of rotatable bonds is 6. The van der Waals surface area contributed by atoms with Gasteiger partial charge in [-0.3, -0.25) is 19.8 Å². The van der Waals surface area contributed by atoms with Crippen molar-refractivity contribution < 1.29 is 9.72 Å². The highest BCUT2D eigenvalue weighted by Gasteiger charge is 2.28. The number of amides is 1. The number of nitro benzene ring substituents is 1. The molecule has 0 N–H and O–H groups in total. The Balaban J connectivity index is 1.44. The van der Waals surface area contributed by atoms with E-state index in [1.54, 1.807) is 29.2 Å². The van der Waals surface area contributed by atoms with Crippen molar-refractivity contribution in [2.24, 2.45) is 0 Å². The molecule has 1 saturated heterocycles. The molecular weight excluding hydrogens is 408 g/mol. The summed E-state index contributed by atoms with van der Waals surface area (Å²) in [5.41, 5.74) is 2.46. The van der Waals surface area contributed by atoms with Crippen molar-refractivity contribution in [3.8, 4) is 5.82 Å². The third-order valence-electron chi connectivity index (χ3n) is 5.64. The average molecular weight is 435 g/mol. The zero-order valence-corrected chi connectivity index (χ0v) is 18.2. The Kier molecular flexibility index (Phi) is 6.27. The fraction of sp³-hybridized carbons (Fsp3) is 0.348. The van der Waals surface area contributed by atoms with Crippen LogP contribution in [-0.2, 0) is 6.54 Å². The summed E-state index contributed by atoms with van der Waals surface area (Å²) in [7, 11) is 0. The molecule has 0 saturated carbocycles. The van der Waals surface area contributed by atoms with E-state index in [9.17, 15) is 14.9 Å². The van der Waals surface area contributed by atoms with Gasteiger partial charge >= 0.3 is 0 Å². The largest absolute Gasteiger partial charge is 0.336 e. The highest BCUT2D eigenvalue weighted by atomic mass is 16.6. The zero-order chi connectivity index (χ0) is 22.7. The van der Waals surface area contributed by atoms with Crippen molar-refractivity contribution in [3.05, 3.63) is 81.8 Å². The van der Waals surface area contributed by atoms with Gasteiger partial charge in [0.15, 0.2) is 5.82 Å². The van der Waals surface area contributed by atoms with E-state index >= 15 is 0 Å². The van der Waals surface area contributed by atoms with Crippen LogP contribution in [0.4, 0.5) is 5.69 Å². The van der Waals surface area contributed by atoms with Crippen molar-refractivity contribution >= 4 is 11.6 Å². The smallest absolute Gasteiger partial charge is 0.269 e. The Hall–Kier alpha value is -3.59. The first-order chi connectivity index (χ1) is 15.4. The van der Waals surface area contributed by atoms with Gasteiger partial charge in [-0.15, -0.1) is 0 Å². The summed E-state index contributed by atoms with van der Waals surface area (Å²) in [4.78, 5) is 32.4. The molecule has 2 aromatic heterocycles. The van der Waals surface area contributed by atoms with Crippen LogP contribution >= 0.6 is 0 Å². The van der Waals surface area contributed by atoms with Gasteiger partial charge in [-0.05, 0) is 23.6 Å². The van der Waals surface area contributed by atoms with Crippen molar-refractivity contribution in [3.63, 3.8) is 0 Å². The quantitative estimate of drug-likeness (QED) is 0.436. The van der Waals surface area contributed by atoms with Crippen LogP contribution in [0.3, 0.4) is 0 Å². The van der Waals surface area contributed by atoms with Crippen LogP contribution < -0.4 is 0 Å². The number of carbonyl (C=O) groups is 1. The lowest BCUT2D eigenvalue weighted by Gasteiger charge is -2.34. The fourth-order valence-electron chi connectivity index (χ4n) is 4.05. The van der Waals surface area contributed by atoms with Crippen molar-refractivity contribution in [2.45, 2.75) is 26.3 Å². The van der Waals surface area contributed by atoms with Crippen LogP contribution in [-0.4, -0.2) is 61.6 Å². The first-order valence-corrected chi connectivity index (χ1v) is 10.7. The second-order valence-corrected chi connectivity index (χ2v) is 8.19. The fourth-order valence-corrected chi connectivity index (χ4v) is 4.05. The van der Waals surface area contributed by atoms with E-state index in [0.29, 0.717) is 44.1 Å². The molecule has 4 rings (SSSR count). The zero-order valence-electron chi connectivity index (χ0n) is 18.2. The molecule has 9 nitrogen and oxygen atoms in total. The molecule has 0 unspecified atom stereocenters. The lowest BCUT2D eigenvalue weighted by molar-refractivity contribution is -0.384. The minimum absolute atomic E-state index is 0.0223. The summed E-state index contributed by atoms with van der Waals surface area (Å²) in [6, 6.07) is 12.3. The van der Waals surface area contributed by atoms with Gasteiger partial charge in [-0.25, -0.2) is 9.67 Å². The van der Waals surface area contributed by atoms with Gasteiger partial charge in [0, 0.05) is 51.1 Å². The number of aromatic nitrogens is 3. The second-order valence-electron chi connectivity index (χ2n) is 8.19. The summed E-state index contributed by atoms with van der Waals surface area (Å²) >= 11 is 0. The van der Waals surface area contributed by atoms with Gasteiger partial charge in [0.05, 0.1) is 22.4 Å². The van der Waals surface area contributed by atoms with E-state index in [0.717, 1.165) is 11.3 Å². The van der Waals surface area contributed by atoms with E-state index < -0.39 is 0 Å². The molecular formula is C23H26N6O3. The first-order valence-electron chi connectivity index (χ1n) is 10.7. The molecule has 0 aliphatic carbocycles. The topological polar surface area (TPSA) is 97.4 Å². The van der Waals surface area contributed by atoms with Gasteiger partial charge in [-0.1, -0.05) is 32.0 Å². The SMILES string of the molecule is CC(C)c1c(C(=O)N2CCN(Cc3cccc([N+](=O)[O-])c3)CC2)cnn1-c1ccccn1. The van der Waals surface area contributed by atoms with Gasteiger partial charge in [-0.2, -0.15) is 5.10 Å². The molecule has 1 amide bonds. The molecule has 9 heteroatoms. The second kappa shape index (κ2) is 9.27. The molecule has 1 aliphatic heterocycles. The predicted molar refractivity (Wildman–Crippen MR) is 120 cm³/mol. The van der Waals surface area contributed by atoms with E-state index in [4.69, 9.17) is 0 Å². The Morgan fingerprint density at radius 2 is 1.91 bits per heavy atom. The number of non-ortho nitro benzene ring substituents is 1. The van der Waals surface area contributed by atoms with Crippen LogP contribution in [0.2, 0.25) is 0 Å². The Bertz CT molecular complexity index is 1100. The summed E-state index contributed by atoms with van der Waals surface area (Å²) < 4.78 is 1.75. The maximum absolute atomic E-state index is 13.3. The number of hydrogen-bond acceptors (Lipinski definition) is 6. The van der Waals surface area contributed by atoms with Crippen molar-refractivity contribution in [2.75, 3.05) is 26.2 Å². The number of nitro groups is 1. The standard InChI is InChI=1S/C23H26N6O3/c1-17(2)22-20(15-25-28(22)21-8-3-4-9-24-21)23(30)27-12-10-26(11-13-27)16-18-6-5-7-19(14-18)29(31)32/h3-9,14-15,17H,10-13,16H2,1-2H3. The van der Waals surface area contributed by atoms with Crippen molar-refractivity contribution in [1.82, 2.24) is 24.6 Å². The average Bonchev–Trinajstić information content (AvgIpc) is 3.25. The minimum Gasteiger partial charge on any atom is -0.336 e. The Morgan fingerprint density at radius 1 is 1.12 bits per heavy atom. The van der Waals surface area contributed by atoms with Gasteiger partial charge < -0.3 is 4.90 Å². The molecule has 3 heterocycles. The number of nitrogens with zero attached hydrogens (tertiary/aromatic N) is 6. The minimum atomic E-state index is -0.377. The molecule has 0 spiro atoms. The van der Waals surface area contributed by atoms with Gasteiger partial charge in [0.1, 0.15) is 0 Å². The van der Waals surface area contributed by atoms with E-state index in [2.05, 4.69) is 15.0 Å².